The van der Waals surface area contributed by atoms with Crippen LogP contribution < -0.4 is 11.1 Å². The average Bonchev–Trinajstić information content (AvgIpc) is 2.59. The fraction of sp³-hybridized carbons (Fsp3) is 0.600. The van der Waals surface area contributed by atoms with Crippen molar-refractivity contribution in [1.29, 1.82) is 0 Å². The molecule has 1 heterocycles. The quantitative estimate of drug-likeness (QED) is 0.813. The molecule has 1 aromatic heterocycles. The third kappa shape index (κ3) is 2.31. The van der Waals surface area contributed by atoms with E-state index in [1.807, 2.05) is 0 Å². The van der Waals surface area contributed by atoms with Gasteiger partial charge in [-0.3, -0.25) is 0 Å². The molecule has 5 heteroatoms. The van der Waals surface area contributed by atoms with E-state index in [2.05, 4.69) is 22.2 Å². The maximum Gasteiger partial charge on any atom is 0.150 e. The van der Waals surface area contributed by atoms with Gasteiger partial charge in [0.1, 0.15) is 17.2 Å². The lowest BCUT2D eigenvalue weighted by molar-refractivity contribution is 0.602. The van der Waals surface area contributed by atoms with E-state index < -0.39 is 0 Å². The number of aromatic nitrogens is 2. The molecule has 1 aliphatic carbocycles. The van der Waals surface area contributed by atoms with Crippen molar-refractivity contribution in [2.45, 2.75) is 32.2 Å². The molecule has 0 bridgehead atoms. The minimum atomic E-state index is 0.334. The van der Waals surface area contributed by atoms with E-state index >= 15 is 0 Å². The van der Waals surface area contributed by atoms with E-state index in [-0.39, 0.29) is 0 Å². The molecule has 0 aliphatic heterocycles. The maximum absolute atomic E-state index is 6.00. The average molecular weight is 227 g/mol. The molecule has 1 aromatic rings. The van der Waals surface area contributed by atoms with Crippen LogP contribution in [-0.4, -0.2) is 16.0 Å². The monoisotopic (exact) mass is 226 g/mol. The minimum Gasteiger partial charge on any atom is -0.382 e. The molecule has 1 fully saturated rings. The first-order valence-corrected chi connectivity index (χ1v) is 5.57. The molecule has 82 valence electrons. The van der Waals surface area contributed by atoms with Crippen molar-refractivity contribution in [2.75, 3.05) is 11.1 Å². The number of hydrogen-bond donors (Lipinski definition) is 2. The zero-order valence-corrected chi connectivity index (χ0v) is 9.46. The molecule has 1 aliphatic rings. The second-order valence-corrected chi connectivity index (χ2v) is 4.56. The third-order valence-corrected chi connectivity index (χ3v) is 3.22. The highest BCUT2D eigenvalue weighted by Crippen LogP contribution is 2.30. The van der Waals surface area contributed by atoms with Crippen molar-refractivity contribution in [3.05, 3.63) is 11.3 Å². The fourth-order valence-corrected chi connectivity index (χ4v) is 2.17. The molecular weight excluding hydrogens is 212 g/mol. The standard InChI is InChI=1S/C10H15ClN4/c1-6-2-3-7(4-6)15-10-8(11)9(12)13-5-14-10/h5-7H,2-4H2,1H3,(H3,12,13,14,15). The van der Waals surface area contributed by atoms with Crippen LogP contribution in [0, 0.1) is 5.92 Å². The van der Waals surface area contributed by atoms with Crippen LogP contribution in [0.5, 0.6) is 0 Å². The molecule has 0 spiro atoms. The summed E-state index contributed by atoms with van der Waals surface area (Å²) in [6.45, 7) is 2.26. The Balaban J connectivity index is 2.07. The maximum atomic E-state index is 6.00. The van der Waals surface area contributed by atoms with E-state index in [0.29, 0.717) is 22.7 Å². The summed E-state index contributed by atoms with van der Waals surface area (Å²) in [5.74, 6) is 1.77. The van der Waals surface area contributed by atoms with Crippen molar-refractivity contribution in [2.24, 2.45) is 5.92 Å². The number of nitrogens with one attached hydrogen (secondary N) is 1. The Kier molecular flexibility index (Phi) is 2.95. The van der Waals surface area contributed by atoms with Crippen LogP contribution in [0.3, 0.4) is 0 Å². The van der Waals surface area contributed by atoms with Crippen LogP contribution in [0.15, 0.2) is 6.33 Å². The number of hydrogen-bond acceptors (Lipinski definition) is 4. The first-order valence-electron chi connectivity index (χ1n) is 5.19. The summed E-state index contributed by atoms with van der Waals surface area (Å²) in [4.78, 5) is 7.92. The van der Waals surface area contributed by atoms with Crippen LogP contribution in [0.25, 0.3) is 0 Å². The van der Waals surface area contributed by atoms with Crippen LogP contribution in [-0.2, 0) is 0 Å². The van der Waals surface area contributed by atoms with Crippen molar-refractivity contribution >= 4 is 23.2 Å². The molecule has 2 unspecified atom stereocenters. The Labute approximate surface area is 94.2 Å². The molecule has 2 rings (SSSR count). The summed E-state index contributed by atoms with van der Waals surface area (Å²) < 4.78 is 0. The number of nitrogens with zero attached hydrogens (tertiary/aromatic N) is 2. The van der Waals surface area contributed by atoms with E-state index in [0.717, 1.165) is 5.92 Å². The Morgan fingerprint density at radius 1 is 1.47 bits per heavy atom. The van der Waals surface area contributed by atoms with Crippen molar-refractivity contribution < 1.29 is 0 Å². The molecular formula is C10H15ClN4. The topological polar surface area (TPSA) is 63.8 Å². The molecule has 0 amide bonds. The zero-order chi connectivity index (χ0) is 10.8. The first kappa shape index (κ1) is 10.5. The molecule has 2 atom stereocenters. The predicted octanol–water partition coefficient (Wildman–Crippen LogP) is 2.31. The molecule has 4 nitrogen and oxygen atoms in total. The van der Waals surface area contributed by atoms with Crippen molar-refractivity contribution in [1.82, 2.24) is 9.97 Å². The second kappa shape index (κ2) is 4.23. The van der Waals surface area contributed by atoms with Crippen molar-refractivity contribution in [3.8, 4) is 0 Å². The predicted molar refractivity (Wildman–Crippen MR) is 61.9 cm³/mol. The number of anilines is 2. The lowest BCUT2D eigenvalue weighted by Gasteiger charge is -2.14. The molecule has 3 N–H and O–H groups in total. The summed E-state index contributed by atoms with van der Waals surface area (Å²) in [5.41, 5.74) is 5.60. The minimum absolute atomic E-state index is 0.334. The Hall–Kier alpha value is -1.03. The van der Waals surface area contributed by atoms with E-state index in [1.165, 1.54) is 25.6 Å². The van der Waals surface area contributed by atoms with Gasteiger partial charge in [0.2, 0.25) is 0 Å². The van der Waals surface area contributed by atoms with E-state index in [4.69, 9.17) is 17.3 Å². The van der Waals surface area contributed by atoms with Crippen LogP contribution in [0.1, 0.15) is 26.2 Å². The number of rotatable bonds is 2. The third-order valence-electron chi connectivity index (χ3n) is 2.85. The normalized spacial score (nSPS) is 25.5. The lowest BCUT2D eigenvalue weighted by atomic mass is 10.1. The summed E-state index contributed by atoms with van der Waals surface area (Å²) >= 11 is 6.00. The van der Waals surface area contributed by atoms with Gasteiger partial charge in [0.25, 0.3) is 0 Å². The van der Waals surface area contributed by atoms with Gasteiger partial charge >= 0.3 is 0 Å². The zero-order valence-electron chi connectivity index (χ0n) is 8.70. The second-order valence-electron chi connectivity index (χ2n) is 4.18. The summed E-state index contributed by atoms with van der Waals surface area (Å²) in [5, 5.41) is 3.75. The van der Waals surface area contributed by atoms with Gasteiger partial charge in [-0.25, -0.2) is 9.97 Å². The Bertz CT molecular complexity index is 355. The van der Waals surface area contributed by atoms with Gasteiger partial charge in [-0.15, -0.1) is 0 Å². The number of nitrogens with two attached hydrogens (primary N) is 1. The molecule has 15 heavy (non-hydrogen) atoms. The summed E-state index contributed by atoms with van der Waals surface area (Å²) in [7, 11) is 0. The highest BCUT2D eigenvalue weighted by atomic mass is 35.5. The Morgan fingerprint density at radius 2 is 2.27 bits per heavy atom. The van der Waals surface area contributed by atoms with E-state index in [1.54, 1.807) is 0 Å². The van der Waals surface area contributed by atoms with Gasteiger partial charge in [0, 0.05) is 6.04 Å². The lowest BCUT2D eigenvalue weighted by Crippen LogP contribution is -2.17. The highest BCUT2D eigenvalue weighted by Gasteiger charge is 2.22. The SMILES string of the molecule is CC1CCC(Nc2ncnc(N)c2Cl)C1. The largest absolute Gasteiger partial charge is 0.382 e. The summed E-state index contributed by atoms with van der Waals surface area (Å²) in [6, 6.07) is 0.465. The van der Waals surface area contributed by atoms with Crippen molar-refractivity contribution in [3.63, 3.8) is 0 Å². The van der Waals surface area contributed by atoms with Crippen LogP contribution in [0.4, 0.5) is 11.6 Å². The fourth-order valence-electron chi connectivity index (χ4n) is 2.02. The number of nitrogen functional groups attached to an aromatic ring is 1. The molecule has 1 saturated carbocycles. The van der Waals surface area contributed by atoms with Gasteiger partial charge in [-0.2, -0.15) is 0 Å². The molecule has 0 aromatic carbocycles. The van der Waals surface area contributed by atoms with Gasteiger partial charge in [-0.1, -0.05) is 18.5 Å². The Morgan fingerprint density at radius 3 is 2.93 bits per heavy atom. The first-order chi connectivity index (χ1) is 7.16. The molecule has 0 saturated heterocycles. The van der Waals surface area contributed by atoms with Gasteiger partial charge < -0.3 is 11.1 Å². The van der Waals surface area contributed by atoms with Crippen LogP contribution >= 0.6 is 11.6 Å². The number of halogens is 1. The van der Waals surface area contributed by atoms with Gasteiger partial charge in [-0.05, 0) is 25.2 Å². The van der Waals surface area contributed by atoms with Gasteiger partial charge in [0.05, 0.1) is 0 Å². The summed E-state index contributed by atoms with van der Waals surface area (Å²) in [6.07, 6.45) is 5.03. The molecule has 0 radical (unpaired) electrons. The highest BCUT2D eigenvalue weighted by molar-refractivity contribution is 6.35. The smallest absolute Gasteiger partial charge is 0.150 e. The van der Waals surface area contributed by atoms with E-state index in [9.17, 15) is 0 Å². The van der Waals surface area contributed by atoms with Crippen LogP contribution in [0.2, 0.25) is 5.02 Å². The van der Waals surface area contributed by atoms with Gasteiger partial charge in [0.15, 0.2) is 5.82 Å².